The molecule has 0 saturated carbocycles. The summed E-state index contributed by atoms with van der Waals surface area (Å²) in [5, 5.41) is 10.6. The molecular formula is C11H14N2O3. The Hall–Kier alpha value is -1.91. The molecule has 5 nitrogen and oxygen atoms in total. The SMILES string of the molecule is CC(=O)N(C)C(C)c1cccc([N+](=O)[O-])c1. The first-order chi connectivity index (χ1) is 7.43. The van der Waals surface area contributed by atoms with Gasteiger partial charge in [-0.2, -0.15) is 0 Å². The number of carbonyl (C=O) groups excluding carboxylic acids is 1. The number of nitro groups is 1. The summed E-state index contributed by atoms with van der Waals surface area (Å²) in [6.45, 7) is 3.30. The maximum atomic E-state index is 11.2. The Balaban J connectivity index is 3.00. The van der Waals surface area contributed by atoms with Gasteiger partial charge in [0.25, 0.3) is 5.69 Å². The number of nitrogens with zero attached hydrogens (tertiary/aromatic N) is 2. The van der Waals surface area contributed by atoms with Crippen molar-refractivity contribution in [2.24, 2.45) is 0 Å². The lowest BCUT2D eigenvalue weighted by molar-refractivity contribution is -0.384. The van der Waals surface area contributed by atoms with Crippen LogP contribution in [-0.2, 0) is 4.79 Å². The van der Waals surface area contributed by atoms with Gasteiger partial charge in [0.1, 0.15) is 0 Å². The number of non-ortho nitro benzene ring substituents is 1. The van der Waals surface area contributed by atoms with E-state index >= 15 is 0 Å². The van der Waals surface area contributed by atoms with Crippen molar-refractivity contribution in [1.29, 1.82) is 0 Å². The van der Waals surface area contributed by atoms with Crippen LogP contribution in [0.4, 0.5) is 5.69 Å². The van der Waals surface area contributed by atoms with E-state index in [1.165, 1.54) is 19.1 Å². The molecule has 1 unspecified atom stereocenters. The molecule has 1 aromatic carbocycles. The van der Waals surface area contributed by atoms with Gasteiger partial charge in [-0.15, -0.1) is 0 Å². The highest BCUT2D eigenvalue weighted by Gasteiger charge is 2.16. The fraction of sp³-hybridized carbons (Fsp3) is 0.364. The first-order valence-corrected chi connectivity index (χ1v) is 4.91. The second-order valence-electron chi connectivity index (χ2n) is 3.66. The highest BCUT2D eigenvalue weighted by molar-refractivity contribution is 5.73. The summed E-state index contributed by atoms with van der Waals surface area (Å²) in [6.07, 6.45) is 0. The van der Waals surface area contributed by atoms with Crippen LogP contribution in [0.2, 0.25) is 0 Å². The topological polar surface area (TPSA) is 63.5 Å². The number of benzene rings is 1. The van der Waals surface area contributed by atoms with Crippen molar-refractivity contribution >= 4 is 11.6 Å². The van der Waals surface area contributed by atoms with Crippen molar-refractivity contribution in [1.82, 2.24) is 4.90 Å². The first kappa shape index (κ1) is 12.2. The van der Waals surface area contributed by atoms with E-state index in [1.807, 2.05) is 6.92 Å². The zero-order chi connectivity index (χ0) is 12.3. The minimum Gasteiger partial charge on any atom is -0.339 e. The molecule has 0 aromatic heterocycles. The molecule has 1 aromatic rings. The Morgan fingerprint density at radius 2 is 2.12 bits per heavy atom. The van der Waals surface area contributed by atoms with Gasteiger partial charge in [-0.1, -0.05) is 12.1 Å². The average molecular weight is 222 g/mol. The van der Waals surface area contributed by atoms with E-state index in [0.29, 0.717) is 0 Å². The lowest BCUT2D eigenvalue weighted by Gasteiger charge is -2.23. The fourth-order valence-corrected chi connectivity index (χ4v) is 1.39. The molecule has 0 N–H and O–H groups in total. The van der Waals surface area contributed by atoms with Gasteiger partial charge in [-0.05, 0) is 12.5 Å². The molecule has 0 aliphatic carbocycles. The molecule has 1 rings (SSSR count). The maximum Gasteiger partial charge on any atom is 0.269 e. The van der Waals surface area contributed by atoms with Crippen LogP contribution in [-0.4, -0.2) is 22.8 Å². The molecule has 0 heterocycles. The normalized spacial score (nSPS) is 11.9. The minimum absolute atomic E-state index is 0.0429. The lowest BCUT2D eigenvalue weighted by atomic mass is 10.1. The zero-order valence-electron chi connectivity index (χ0n) is 9.51. The van der Waals surface area contributed by atoms with Crippen LogP contribution in [0, 0.1) is 10.1 Å². The first-order valence-electron chi connectivity index (χ1n) is 4.91. The van der Waals surface area contributed by atoms with Gasteiger partial charge < -0.3 is 4.90 Å². The predicted octanol–water partition coefficient (Wildman–Crippen LogP) is 2.13. The third kappa shape index (κ3) is 2.56. The number of nitro benzene ring substituents is 1. The van der Waals surface area contributed by atoms with E-state index in [-0.39, 0.29) is 17.6 Å². The summed E-state index contributed by atoms with van der Waals surface area (Å²) < 4.78 is 0. The van der Waals surface area contributed by atoms with Crippen LogP contribution in [0.5, 0.6) is 0 Å². The molecule has 5 heteroatoms. The van der Waals surface area contributed by atoms with Gasteiger partial charge >= 0.3 is 0 Å². The van der Waals surface area contributed by atoms with Gasteiger partial charge in [0, 0.05) is 26.1 Å². The Bertz CT molecular complexity index is 417. The average Bonchev–Trinajstić information content (AvgIpc) is 2.27. The van der Waals surface area contributed by atoms with Gasteiger partial charge in [-0.25, -0.2) is 0 Å². The van der Waals surface area contributed by atoms with Gasteiger partial charge in [0.2, 0.25) is 5.91 Å². The Labute approximate surface area is 93.8 Å². The Kier molecular flexibility index (Phi) is 3.60. The van der Waals surface area contributed by atoms with E-state index in [4.69, 9.17) is 0 Å². The molecule has 0 fully saturated rings. The fourth-order valence-electron chi connectivity index (χ4n) is 1.39. The summed E-state index contributed by atoms with van der Waals surface area (Å²) >= 11 is 0. The highest BCUT2D eigenvalue weighted by atomic mass is 16.6. The summed E-state index contributed by atoms with van der Waals surface area (Å²) in [4.78, 5) is 22.9. The monoisotopic (exact) mass is 222 g/mol. The second-order valence-corrected chi connectivity index (χ2v) is 3.66. The standard InChI is InChI=1S/C11H14N2O3/c1-8(12(3)9(2)14)10-5-4-6-11(7-10)13(15)16/h4-8H,1-3H3. The molecule has 16 heavy (non-hydrogen) atoms. The summed E-state index contributed by atoms with van der Waals surface area (Å²) in [7, 11) is 1.67. The van der Waals surface area contributed by atoms with Gasteiger partial charge in [0.15, 0.2) is 0 Å². The molecule has 0 bridgehead atoms. The molecule has 0 spiro atoms. The van der Waals surface area contributed by atoms with Crippen molar-refractivity contribution in [3.8, 4) is 0 Å². The van der Waals surface area contributed by atoms with Crippen LogP contribution in [0.3, 0.4) is 0 Å². The molecular weight excluding hydrogens is 208 g/mol. The largest absolute Gasteiger partial charge is 0.339 e. The molecule has 1 amide bonds. The van der Waals surface area contributed by atoms with Crippen LogP contribution in [0.25, 0.3) is 0 Å². The molecule has 0 radical (unpaired) electrons. The smallest absolute Gasteiger partial charge is 0.269 e. The third-order valence-corrected chi connectivity index (χ3v) is 2.64. The van der Waals surface area contributed by atoms with Gasteiger partial charge in [0.05, 0.1) is 11.0 Å². The Morgan fingerprint density at radius 1 is 1.50 bits per heavy atom. The van der Waals surface area contributed by atoms with E-state index < -0.39 is 4.92 Å². The predicted molar refractivity (Wildman–Crippen MR) is 60.0 cm³/mol. The van der Waals surface area contributed by atoms with Crippen LogP contribution < -0.4 is 0 Å². The number of hydrogen-bond donors (Lipinski definition) is 0. The summed E-state index contributed by atoms with van der Waals surface area (Å²) in [5.74, 6) is -0.0704. The van der Waals surface area contributed by atoms with E-state index in [9.17, 15) is 14.9 Å². The second kappa shape index (κ2) is 4.74. The quantitative estimate of drug-likeness (QED) is 0.581. The molecule has 86 valence electrons. The molecule has 0 aliphatic heterocycles. The number of hydrogen-bond acceptors (Lipinski definition) is 3. The summed E-state index contributed by atoms with van der Waals surface area (Å²) in [5.41, 5.74) is 0.799. The van der Waals surface area contributed by atoms with Crippen LogP contribution >= 0.6 is 0 Å². The highest BCUT2D eigenvalue weighted by Crippen LogP contribution is 2.22. The van der Waals surface area contributed by atoms with E-state index in [0.717, 1.165) is 5.56 Å². The van der Waals surface area contributed by atoms with Crippen LogP contribution in [0.15, 0.2) is 24.3 Å². The summed E-state index contributed by atoms with van der Waals surface area (Å²) in [6, 6.07) is 6.15. The molecule has 0 saturated heterocycles. The number of carbonyl (C=O) groups is 1. The van der Waals surface area contributed by atoms with Crippen molar-refractivity contribution in [2.75, 3.05) is 7.05 Å². The maximum absolute atomic E-state index is 11.2. The Morgan fingerprint density at radius 3 is 2.62 bits per heavy atom. The minimum atomic E-state index is -0.440. The van der Waals surface area contributed by atoms with Crippen molar-refractivity contribution < 1.29 is 9.72 Å². The lowest BCUT2D eigenvalue weighted by Crippen LogP contribution is -2.27. The molecule has 1 atom stereocenters. The van der Waals surface area contributed by atoms with Gasteiger partial charge in [-0.3, -0.25) is 14.9 Å². The van der Waals surface area contributed by atoms with Crippen molar-refractivity contribution in [3.63, 3.8) is 0 Å². The van der Waals surface area contributed by atoms with Crippen molar-refractivity contribution in [2.45, 2.75) is 19.9 Å². The van der Waals surface area contributed by atoms with E-state index in [2.05, 4.69) is 0 Å². The molecule has 0 aliphatic rings. The van der Waals surface area contributed by atoms with Crippen LogP contribution in [0.1, 0.15) is 25.5 Å². The van der Waals surface area contributed by atoms with Crippen molar-refractivity contribution in [3.05, 3.63) is 39.9 Å². The third-order valence-electron chi connectivity index (χ3n) is 2.64. The van der Waals surface area contributed by atoms with E-state index in [1.54, 1.807) is 24.1 Å². The number of rotatable bonds is 3. The number of amides is 1. The zero-order valence-corrected chi connectivity index (χ0v) is 9.51.